The van der Waals surface area contributed by atoms with Crippen molar-refractivity contribution in [3.05, 3.63) is 29.3 Å². The molecule has 1 aromatic rings. The van der Waals surface area contributed by atoms with Gasteiger partial charge in [-0.3, -0.25) is 4.79 Å². The molecule has 180 valence electrons. The molecule has 32 heavy (non-hydrogen) atoms. The zero-order valence-electron chi connectivity index (χ0n) is 20.1. The van der Waals surface area contributed by atoms with Crippen LogP contribution in [0, 0.1) is 25.7 Å². The van der Waals surface area contributed by atoms with E-state index in [2.05, 4.69) is 24.1 Å². The average Bonchev–Trinajstić information content (AvgIpc) is 2.73. The first-order chi connectivity index (χ1) is 15.2. The average molecular weight is 465 g/mol. The van der Waals surface area contributed by atoms with Crippen LogP contribution in [0.2, 0.25) is 0 Å². The van der Waals surface area contributed by atoms with Gasteiger partial charge in [-0.1, -0.05) is 31.5 Å². The van der Waals surface area contributed by atoms with E-state index >= 15 is 0 Å². The maximum Gasteiger partial charge on any atom is 0.243 e. The van der Waals surface area contributed by atoms with Gasteiger partial charge in [0.25, 0.3) is 0 Å². The van der Waals surface area contributed by atoms with Crippen molar-refractivity contribution < 1.29 is 13.2 Å². The Labute approximate surface area is 194 Å². The molecular formula is C24H40N4O3S. The number of carbonyl (C=O) groups excluding carboxylic acids is 1. The Morgan fingerprint density at radius 2 is 1.75 bits per heavy atom. The molecule has 0 radical (unpaired) electrons. The molecule has 1 aromatic carbocycles. The van der Waals surface area contributed by atoms with E-state index in [1.165, 1.54) is 10.7 Å². The smallest absolute Gasteiger partial charge is 0.243 e. The Morgan fingerprint density at radius 1 is 1.09 bits per heavy atom. The van der Waals surface area contributed by atoms with Crippen molar-refractivity contribution >= 4 is 15.9 Å². The third-order valence-electron chi connectivity index (χ3n) is 6.60. The van der Waals surface area contributed by atoms with Gasteiger partial charge in [-0.15, -0.1) is 0 Å². The van der Waals surface area contributed by atoms with Crippen molar-refractivity contribution in [1.29, 1.82) is 0 Å². The lowest BCUT2D eigenvalue weighted by atomic mass is 9.92. The van der Waals surface area contributed by atoms with Crippen LogP contribution in [0.3, 0.4) is 0 Å². The predicted octanol–water partition coefficient (Wildman–Crippen LogP) is 2.09. The highest BCUT2D eigenvalue weighted by Gasteiger charge is 2.29. The number of piperidine rings is 1. The van der Waals surface area contributed by atoms with E-state index < -0.39 is 10.0 Å². The van der Waals surface area contributed by atoms with Gasteiger partial charge in [0.2, 0.25) is 15.9 Å². The van der Waals surface area contributed by atoms with E-state index in [1.54, 1.807) is 6.07 Å². The number of benzene rings is 1. The summed E-state index contributed by atoms with van der Waals surface area (Å²) >= 11 is 0. The fraction of sp³-hybridized carbons (Fsp3) is 0.708. The molecule has 2 heterocycles. The largest absolute Gasteiger partial charge is 0.340 e. The number of sulfonamides is 1. The summed E-state index contributed by atoms with van der Waals surface area (Å²) < 4.78 is 28.8. The van der Waals surface area contributed by atoms with Gasteiger partial charge in [0.05, 0.1) is 4.90 Å². The molecule has 2 aliphatic heterocycles. The van der Waals surface area contributed by atoms with Gasteiger partial charge in [0, 0.05) is 65.3 Å². The van der Waals surface area contributed by atoms with Gasteiger partial charge in [-0.2, -0.15) is 4.31 Å². The molecule has 0 spiro atoms. The molecule has 0 bridgehead atoms. The summed E-state index contributed by atoms with van der Waals surface area (Å²) in [7, 11) is -3.68. The molecule has 0 unspecified atom stereocenters. The molecule has 2 saturated heterocycles. The van der Waals surface area contributed by atoms with Crippen LogP contribution in [-0.4, -0.2) is 87.3 Å². The number of nitrogens with zero attached hydrogens (tertiary/aromatic N) is 3. The number of rotatable bonds is 8. The van der Waals surface area contributed by atoms with Crippen molar-refractivity contribution in [3.63, 3.8) is 0 Å². The molecule has 0 aliphatic carbocycles. The van der Waals surface area contributed by atoms with E-state index in [0.717, 1.165) is 37.3 Å². The molecule has 7 nitrogen and oxygen atoms in total. The quantitative estimate of drug-likeness (QED) is 0.638. The molecule has 3 rings (SSSR count). The van der Waals surface area contributed by atoms with Crippen molar-refractivity contribution in [2.45, 2.75) is 45.4 Å². The van der Waals surface area contributed by atoms with Gasteiger partial charge in [-0.05, 0) is 43.7 Å². The number of piperazine rings is 1. The van der Waals surface area contributed by atoms with Crippen molar-refractivity contribution in [2.24, 2.45) is 11.8 Å². The SMILES string of the molecule is Cc1ccc(S(=O)(=O)N(CCC(=O)N2CCNCC2)CCN2C[C@H](C)C[C@H](C)C2)c(C)c1. The summed E-state index contributed by atoms with van der Waals surface area (Å²) in [5.74, 6) is 1.28. The van der Waals surface area contributed by atoms with Crippen LogP contribution in [0.4, 0.5) is 0 Å². The Kier molecular flexibility index (Phi) is 8.72. The number of carbonyl (C=O) groups is 1. The highest BCUT2D eigenvalue weighted by atomic mass is 32.2. The van der Waals surface area contributed by atoms with Gasteiger partial charge in [0.15, 0.2) is 0 Å². The molecular weight excluding hydrogens is 424 g/mol. The van der Waals surface area contributed by atoms with E-state index in [0.29, 0.717) is 42.9 Å². The number of amides is 1. The van der Waals surface area contributed by atoms with Crippen LogP contribution in [0.1, 0.15) is 37.8 Å². The number of hydrogen-bond acceptors (Lipinski definition) is 5. The molecule has 1 N–H and O–H groups in total. The Bertz CT molecular complexity index is 873. The molecule has 2 atom stereocenters. The second kappa shape index (κ2) is 11.1. The summed E-state index contributed by atoms with van der Waals surface area (Å²) in [4.78, 5) is 17.3. The van der Waals surface area contributed by atoms with Crippen molar-refractivity contribution in [2.75, 3.05) is 58.9 Å². The van der Waals surface area contributed by atoms with Crippen LogP contribution in [0.5, 0.6) is 0 Å². The second-order valence-electron chi connectivity index (χ2n) is 9.76. The normalized spacial score (nSPS) is 23.0. The summed E-state index contributed by atoms with van der Waals surface area (Å²) in [6.45, 7) is 14.6. The third-order valence-corrected chi connectivity index (χ3v) is 8.66. The van der Waals surface area contributed by atoms with Crippen LogP contribution in [0.25, 0.3) is 0 Å². The molecule has 0 saturated carbocycles. The Hall–Kier alpha value is -1.48. The molecule has 8 heteroatoms. The summed E-state index contributed by atoms with van der Waals surface area (Å²) in [6.07, 6.45) is 1.44. The topological polar surface area (TPSA) is 73.0 Å². The highest BCUT2D eigenvalue weighted by Crippen LogP contribution is 2.23. The van der Waals surface area contributed by atoms with Crippen molar-refractivity contribution in [3.8, 4) is 0 Å². The first-order valence-corrected chi connectivity index (χ1v) is 13.4. The fourth-order valence-corrected chi connectivity index (χ4v) is 6.74. The fourth-order valence-electron chi connectivity index (χ4n) is 5.10. The van der Waals surface area contributed by atoms with E-state index in [9.17, 15) is 13.2 Å². The summed E-state index contributed by atoms with van der Waals surface area (Å²) in [6, 6.07) is 5.46. The standard InChI is InChI=1S/C24H40N4O3S/c1-19-5-6-23(22(4)16-19)32(30,31)28(10-7-24(29)27-11-8-25-9-12-27)14-13-26-17-20(2)15-21(3)18-26/h5-6,16,20-21,25H,7-15,17-18H2,1-4H3/t20-,21+. The zero-order chi connectivity index (χ0) is 23.3. The lowest BCUT2D eigenvalue weighted by Gasteiger charge is -2.36. The first-order valence-electron chi connectivity index (χ1n) is 11.9. The first kappa shape index (κ1) is 25.1. The lowest BCUT2D eigenvalue weighted by molar-refractivity contribution is -0.131. The van der Waals surface area contributed by atoms with Crippen molar-refractivity contribution in [1.82, 2.24) is 19.4 Å². The molecule has 0 aromatic heterocycles. The lowest BCUT2D eigenvalue weighted by Crippen LogP contribution is -2.48. The van der Waals surface area contributed by atoms with Crippen LogP contribution in [0.15, 0.2) is 23.1 Å². The number of aryl methyl sites for hydroxylation is 2. The van der Waals surface area contributed by atoms with Crippen LogP contribution in [-0.2, 0) is 14.8 Å². The Morgan fingerprint density at radius 3 is 2.38 bits per heavy atom. The number of likely N-dealkylation sites (tertiary alicyclic amines) is 1. The maximum atomic E-state index is 13.6. The van der Waals surface area contributed by atoms with Gasteiger partial charge in [-0.25, -0.2) is 8.42 Å². The number of hydrogen-bond donors (Lipinski definition) is 1. The Balaban J connectivity index is 1.74. The van der Waals surface area contributed by atoms with Gasteiger partial charge >= 0.3 is 0 Å². The third kappa shape index (κ3) is 6.53. The molecule has 1 amide bonds. The summed E-state index contributed by atoms with van der Waals surface area (Å²) in [5.41, 5.74) is 1.79. The minimum Gasteiger partial charge on any atom is -0.340 e. The molecule has 2 fully saturated rings. The summed E-state index contributed by atoms with van der Waals surface area (Å²) in [5, 5.41) is 3.25. The van der Waals surface area contributed by atoms with E-state index in [4.69, 9.17) is 0 Å². The van der Waals surface area contributed by atoms with E-state index in [1.807, 2.05) is 30.9 Å². The second-order valence-corrected chi connectivity index (χ2v) is 11.7. The van der Waals surface area contributed by atoms with Crippen LogP contribution >= 0.6 is 0 Å². The van der Waals surface area contributed by atoms with E-state index in [-0.39, 0.29) is 18.9 Å². The minimum atomic E-state index is -3.68. The molecule has 2 aliphatic rings. The maximum absolute atomic E-state index is 13.6. The number of nitrogens with one attached hydrogen (secondary N) is 1. The highest BCUT2D eigenvalue weighted by molar-refractivity contribution is 7.89. The van der Waals surface area contributed by atoms with Gasteiger partial charge in [0.1, 0.15) is 0 Å². The minimum absolute atomic E-state index is 0.0348. The van der Waals surface area contributed by atoms with Gasteiger partial charge < -0.3 is 15.1 Å². The zero-order valence-corrected chi connectivity index (χ0v) is 21.0. The predicted molar refractivity (Wildman–Crippen MR) is 128 cm³/mol. The van der Waals surface area contributed by atoms with Crippen LogP contribution < -0.4 is 5.32 Å². The monoisotopic (exact) mass is 464 g/mol.